The number of aromatic nitrogens is 2. The number of unbranched alkanes of at least 4 members (excludes halogenated alkanes) is 5. The molecule has 9 heteroatoms. The Balaban J connectivity index is 1.65. The molecule has 0 atom stereocenters. The van der Waals surface area contributed by atoms with E-state index < -0.39 is 11.7 Å². The van der Waals surface area contributed by atoms with E-state index in [1.165, 1.54) is 36.1 Å². The Hall–Kier alpha value is -2.81. The van der Waals surface area contributed by atoms with Gasteiger partial charge in [0.15, 0.2) is 5.13 Å². The maximum absolute atomic E-state index is 13.6. The second-order valence-electron chi connectivity index (χ2n) is 7.42. The number of nitrogens with zero attached hydrogens (tertiary/aromatic N) is 2. The predicted octanol–water partition coefficient (Wildman–Crippen LogP) is 7.41. The number of pyridine rings is 1. The number of hydrogen-bond acceptors (Lipinski definition) is 6. The number of aromatic hydroxyl groups is 1. The highest BCUT2D eigenvalue weighted by molar-refractivity contribution is 7.14. The van der Waals surface area contributed by atoms with Gasteiger partial charge in [0, 0.05) is 22.8 Å². The molecule has 2 heterocycles. The van der Waals surface area contributed by atoms with Crippen molar-refractivity contribution in [1.29, 1.82) is 0 Å². The summed E-state index contributed by atoms with van der Waals surface area (Å²) in [5.41, 5.74) is 0.626. The smallest absolute Gasteiger partial charge is 0.420 e. The molecular weight excluding hydrogens is 439 g/mol. The SMILES string of the molecule is CCCCCCCCOc1ccc(Nc2nc(-c3cncc(O)c3)cs2)cc1C(F)(F)F. The van der Waals surface area contributed by atoms with Crippen LogP contribution >= 0.6 is 11.3 Å². The zero-order valence-corrected chi connectivity index (χ0v) is 18.6. The van der Waals surface area contributed by atoms with Crippen LogP contribution < -0.4 is 10.1 Å². The van der Waals surface area contributed by atoms with Gasteiger partial charge in [0.1, 0.15) is 11.5 Å². The molecule has 3 rings (SSSR count). The Kier molecular flexibility index (Phi) is 8.33. The maximum atomic E-state index is 13.6. The van der Waals surface area contributed by atoms with Crippen molar-refractivity contribution in [2.24, 2.45) is 0 Å². The zero-order chi connectivity index (χ0) is 23.0. The van der Waals surface area contributed by atoms with Crippen molar-refractivity contribution in [3.63, 3.8) is 0 Å². The van der Waals surface area contributed by atoms with E-state index in [1.807, 2.05) is 0 Å². The van der Waals surface area contributed by atoms with Crippen LogP contribution in [0, 0.1) is 0 Å². The van der Waals surface area contributed by atoms with Gasteiger partial charge < -0.3 is 15.2 Å². The van der Waals surface area contributed by atoms with Gasteiger partial charge in [-0.1, -0.05) is 39.0 Å². The van der Waals surface area contributed by atoms with Gasteiger partial charge in [-0.05, 0) is 30.7 Å². The Labute approximate surface area is 189 Å². The van der Waals surface area contributed by atoms with E-state index in [2.05, 4.69) is 22.2 Å². The van der Waals surface area contributed by atoms with Crippen molar-refractivity contribution in [1.82, 2.24) is 9.97 Å². The summed E-state index contributed by atoms with van der Waals surface area (Å²) in [6, 6.07) is 5.44. The average molecular weight is 466 g/mol. The van der Waals surface area contributed by atoms with Crippen LogP contribution in [-0.4, -0.2) is 21.7 Å². The molecule has 0 saturated carbocycles. The third kappa shape index (κ3) is 6.85. The summed E-state index contributed by atoms with van der Waals surface area (Å²) in [5, 5.41) is 14.6. The van der Waals surface area contributed by atoms with Crippen LogP contribution in [-0.2, 0) is 6.18 Å². The fourth-order valence-electron chi connectivity index (χ4n) is 3.17. The summed E-state index contributed by atoms with van der Waals surface area (Å²) >= 11 is 1.24. The van der Waals surface area contributed by atoms with Crippen LogP contribution in [0.3, 0.4) is 0 Å². The Morgan fingerprint density at radius 2 is 1.84 bits per heavy atom. The summed E-state index contributed by atoms with van der Waals surface area (Å²) < 4.78 is 46.2. The first-order chi connectivity index (χ1) is 15.4. The van der Waals surface area contributed by atoms with Crippen LogP contribution in [0.15, 0.2) is 42.0 Å². The fourth-order valence-corrected chi connectivity index (χ4v) is 3.91. The van der Waals surface area contributed by atoms with Crippen LogP contribution in [0.25, 0.3) is 11.3 Å². The lowest BCUT2D eigenvalue weighted by molar-refractivity contribution is -0.138. The standard InChI is InChI=1S/C23H26F3N3O2S/c1-2-3-4-5-6-7-10-31-21-9-8-17(12-19(21)23(24,25)26)28-22-29-20(15-32-22)16-11-18(30)14-27-13-16/h8-9,11-15,30H,2-7,10H2,1H3,(H,28,29). The lowest BCUT2D eigenvalue weighted by atomic mass is 10.1. The second-order valence-corrected chi connectivity index (χ2v) is 8.28. The van der Waals surface area contributed by atoms with Crippen molar-refractivity contribution in [3.8, 4) is 22.8 Å². The number of alkyl halides is 3. The normalized spacial score (nSPS) is 11.5. The highest BCUT2D eigenvalue weighted by Gasteiger charge is 2.34. The predicted molar refractivity (Wildman–Crippen MR) is 121 cm³/mol. The first kappa shape index (κ1) is 23.8. The number of benzene rings is 1. The summed E-state index contributed by atoms with van der Waals surface area (Å²) in [5.74, 6) is -0.154. The first-order valence-electron chi connectivity index (χ1n) is 10.6. The van der Waals surface area contributed by atoms with Crippen LogP contribution in [0.4, 0.5) is 24.0 Å². The molecule has 0 aliphatic heterocycles. The van der Waals surface area contributed by atoms with Crippen molar-refractivity contribution in [2.75, 3.05) is 11.9 Å². The molecule has 0 amide bonds. The number of ether oxygens (including phenoxy) is 1. The second kappa shape index (κ2) is 11.2. The molecule has 32 heavy (non-hydrogen) atoms. The third-order valence-electron chi connectivity index (χ3n) is 4.82. The van der Waals surface area contributed by atoms with Gasteiger partial charge in [-0.15, -0.1) is 11.3 Å². The average Bonchev–Trinajstić information content (AvgIpc) is 3.22. The van der Waals surface area contributed by atoms with Crippen LogP contribution in [0.1, 0.15) is 51.0 Å². The lowest BCUT2D eigenvalue weighted by Crippen LogP contribution is -2.10. The first-order valence-corrected chi connectivity index (χ1v) is 11.5. The van der Waals surface area contributed by atoms with Gasteiger partial charge in [0.2, 0.25) is 0 Å². The molecule has 5 nitrogen and oxygen atoms in total. The highest BCUT2D eigenvalue weighted by Crippen LogP contribution is 2.39. The molecule has 0 saturated heterocycles. The molecule has 0 radical (unpaired) electrons. The minimum atomic E-state index is -4.53. The van der Waals surface area contributed by atoms with Gasteiger partial charge >= 0.3 is 6.18 Å². The topological polar surface area (TPSA) is 67.3 Å². The van der Waals surface area contributed by atoms with Crippen LogP contribution in [0.2, 0.25) is 0 Å². The number of halogens is 3. The molecule has 0 spiro atoms. The third-order valence-corrected chi connectivity index (χ3v) is 5.57. The monoisotopic (exact) mass is 465 g/mol. The van der Waals surface area contributed by atoms with Crippen molar-refractivity contribution in [3.05, 3.63) is 47.6 Å². The Morgan fingerprint density at radius 3 is 2.59 bits per heavy atom. The molecule has 0 aliphatic rings. The van der Waals surface area contributed by atoms with E-state index in [4.69, 9.17) is 4.74 Å². The molecular formula is C23H26F3N3O2S. The molecule has 2 N–H and O–H groups in total. The largest absolute Gasteiger partial charge is 0.506 e. The molecule has 2 aromatic heterocycles. The molecule has 1 aromatic carbocycles. The molecule has 3 aromatic rings. The van der Waals surface area contributed by atoms with E-state index in [-0.39, 0.29) is 23.8 Å². The molecule has 0 fully saturated rings. The number of thiazole rings is 1. The number of anilines is 2. The van der Waals surface area contributed by atoms with Gasteiger partial charge in [0.05, 0.1) is 24.1 Å². The van der Waals surface area contributed by atoms with E-state index in [0.717, 1.165) is 38.2 Å². The lowest BCUT2D eigenvalue weighted by Gasteiger charge is -2.15. The van der Waals surface area contributed by atoms with Gasteiger partial charge in [-0.25, -0.2) is 4.98 Å². The minimum absolute atomic E-state index is 0.0105. The van der Waals surface area contributed by atoms with E-state index in [0.29, 0.717) is 16.4 Å². The molecule has 0 aliphatic carbocycles. The summed E-state index contributed by atoms with van der Waals surface area (Å²) in [4.78, 5) is 8.27. The summed E-state index contributed by atoms with van der Waals surface area (Å²) in [6.45, 7) is 2.40. The summed E-state index contributed by atoms with van der Waals surface area (Å²) in [6.07, 6.45) is 4.55. The van der Waals surface area contributed by atoms with E-state index in [1.54, 1.807) is 17.6 Å². The quantitative estimate of drug-likeness (QED) is 0.289. The molecule has 0 unspecified atom stereocenters. The van der Waals surface area contributed by atoms with Gasteiger partial charge in [-0.2, -0.15) is 13.2 Å². The van der Waals surface area contributed by atoms with Crippen molar-refractivity contribution >= 4 is 22.2 Å². The van der Waals surface area contributed by atoms with E-state index in [9.17, 15) is 18.3 Å². The van der Waals surface area contributed by atoms with Gasteiger partial charge in [0.25, 0.3) is 0 Å². The van der Waals surface area contributed by atoms with Crippen molar-refractivity contribution in [2.45, 2.75) is 51.6 Å². The zero-order valence-electron chi connectivity index (χ0n) is 17.8. The highest BCUT2D eigenvalue weighted by atomic mass is 32.1. The van der Waals surface area contributed by atoms with Crippen molar-refractivity contribution < 1.29 is 23.0 Å². The molecule has 0 bridgehead atoms. The Bertz CT molecular complexity index is 1010. The fraction of sp³-hybridized carbons (Fsp3) is 0.391. The van der Waals surface area contributed by atoms with Gasteiger partial charge in [-0.3, -0.25) is 4.98 Å². The number of nitrogens with one attached hydrogen (secondary N) is 1. The van der Waals surface area contributed by atoms with Crippen LogP contribution in [0.5, 0.6) is 11.5 Å². The summed E-state index contributed by atoms with van der Waals surface area (Å²) in [7, 11) is 0. The molecule has 172 valence electrons. The maximum Gasteiger partial charge on any atom is 0.420 e. The Morgan fingerprint density at radius 1 is 1.06 bits per heavy atom. The number of hydrogen-bond donors (Lipinski definition) is 2. The number of rotatable bonds is 11. The minimum Gasteiger partial charge on any atom is -0.506 e. The van der Waals surface area contributed by atoms with E-state index >= 15 is 0 Å².